The summed E-state index contributed by atoms with van der Waals surface area (Å²) >= 11 is 0. The van der Waals surface area contributed by atoms with E-state index in [1.165, 1.54) is 0 Å². The van der Waals surface area contributed by atoms with E-state index in [-0.39, 0.29) is 12.1 Å². The molecule has 0 spiro atoms. The first-order chi connectivity index (χ1) is 11.3. The van der Waals surface area contributed by atoms with E-state index in [1.54, 1.807) is 13.3 Å². The third-order valence-electron chi connectivity index (χ3n) is 4.16. The first kappa shape index (κ1) is 15.3. The SMILES string of the molecule is COc1ccc(C2CCCN2C(=O)NCc2ccccn2)cc1. The Bertz CT molecular complexity index is 643. The second-order valence-electron chi connectivity index (χ2n) is 5.60. The summed E-state index contributed by atoms with van der Waals surface area (Å²) in [5.74, 6) is 0.831. The summed E-state index contributed by atoms with van der Waals surface area (Å²) in [6.45, 7) is 1.23. The van der Waals surface area contributed by atoms with Gasteiger partial charge in [0.1, 0.15) is 5.75 Å². The van der Waals surface area contributed by atoms with Gasteiger partial charge in [0.25, 0.3) is 0 Å². The van der Waals surface area contributed by atoms with Gasteiger partial charge in [0, 0.05) is 12.7 Å². The Morgan fingerprint density at radius 2 is 2.13 bits per heavy atom. The predicted molar refractivity (Wildman–Crippen MR) is 88.1 cm³/mol. The summed E-state index contributed by atoms with van der Waals surface area (Å²) in [6.07, 6.45) is 3.74. The summed E-state index contributed by atoms with van der Waals surface area (Å²) in [5.41, 5.74) is 2.01. The Balaban J connectivity index is 1.64. The molecule has 3 rings (SSSR count). The van der Waals surface area contributed by atoms with Gasteiger partial charge in [0.2, 0.25) is 0 Å². The number of amides is 2. The second-order valence-corrected chi connectivity index (χ2v) is 5.60. The number of hydrogen-bond donors (Lipinski definition) is 1. The average molecular weight is 311 g/mol. The molecule has 0 bridgehead atoms. The van der Waals surface area contributed by atoms with Crippen LogP contribution in [0.3, 0.4) is 0 Å². The smallest absolute Gasteiger partial charge is 0.318 e. The van der Waals surface area contributed by atoms with Crippen molar-refractivity contribution in [2.24, 2.45) is 0 Å². The van der Waals surface area contributed by atoms with Gasteiger partial charge in [-0.25, -0.2) is 4.79 Å². The number of aromatic nitrogens is 1. The van der Waals surface area contributed by atoms with Gasteiger partial charge in [0.05, 0.1) is 25.4 Å². The molecule has 0 radical (unpaired) electrons. The zero-order valence-corrected chi connectivity index (χ0v) is 13.2. The van der Waals surface area contributed by atoms with Crippen molar-refractivity contribution in [2.75, 3.05) is 13.7 Å². The molecule has 120 valence electrons. The number of nitrogens with zero attached hydrogens (tertiary/aromatic N) is 2. The van der Waals surface area contributed by atoms with Crippen molar-refractivity contribution in [3.8, 4) is 5.75 Å². The molecule has 5 nitrogen and oxygen atoms in total. The van der Waals surface area contributed by atoms with Gasteiger partial charge in [-0.05, 0) is 42.7 Å². The van der Waals surface area contributed by atoms with E-state index in [0.717, 1.165) is 36.4 Å². The lowest BCUT2D eigenvalue weighted by atomic mass is 10.0. The van der Waals surface area contributed by atoms with Crippen molar-refractivity contribution >= 4 is 6.03 Å². The number of benzene rings is 1. The van der Waals surface area contributed by atoms with Crippen LogP contribution in [0.4, 0.5) is 4.79 Å². The normalized spacial score (nSPS) is 17.1. The number of likely N-dealkylation sites (tertiary alicyclic amines) is 1. The monoisotopic (exact) mass is 311 g/mol. The van der Waals surface area contributed by atoms with E-state index in [9.17, 15) is 4.79 Å². The summed E-state index contributed by atoms with van der Waals surface area (Å²) in [6, 6.07) is 13.7. The number of carbonyl (C=O) groups excluding carboxylic acids is 1. The average Bonchev–Trinajstić information content (AvgIpc) is 3.10. The highest BCUT2D eigenvalue weighted by atomic mass is 16.5. The highest BCUT2D eigenvalue weighted by Crippen LogP contribution is 2.32. The van der Waals surface area contributed by atoms with Crippen LogP contribution in [0.15, 0.2) is 48.7 Å². The lowest BCUT2D eigenvalue weighted by molar-refractivity contribution is 0.192. The van der Waals surface area contributed by atoms with Gasteiger partial charge in [0.15, 0.2) is 0 Å². The molecule has 1 fully saturated rings. The van der Waals surface area contributed by atoms with E-state index in [4.69, 9.17) is 4.74 Å². The van der Waals surface area contributed by atoms with Gasteiger partial charge in [-0.1, -0.05) is 18.2 Å². The van der Waals surface area contributed by atoms with Crippen molar-refractivity contribution < 1.29 is 9.53 Å². The van der Waals surface area contributed by atoms with Crippen molar-refractivity contribution in [1.29, 1.82) is 0 Å². The third kappa shape index (κ3) is 3.62. The Morgan fingerprint density at radius 3 is 2.83 bits per heavy atom. The molecular weight excluding hydrogens is 290 g/mol. The van der Waals surface area contributed by atoms with E-state index in [2.05, 4.69) is 10.3 Å². The van der Waals surface area contributed by atoms with Crippen molar-refractivity contribution in [3.05, 3.63) is 59.9 Å². The molecule has 1 aliphatic heterocycles. The predicted octanol–water partition coefficient (Wildman–Crippen LogP) is 3.14. The summed E-state index contributed by atoms with van der Waals surface area (Å²) in [7, 11) is 1.65. The van der Waals surface area contributed by atoms with Crippen molar-refractivity contribution in [3.63, 3.8) is 0 Å². The molecule has 1 atom stereocenters. The number of hydrogen-bond acceptors (Lipinski definition) is 3. The molecule has 0 aliphatic carbocycles. The number of pyridine rings is 1. The van der Waals surface area contributed by atoms with E-state index >= 15 is 0 Å². The van der Waals surface area contributed by atoms with Crippen LogP contribution in [0, 0.1) is 0 Å². The molecule has 2 heterocycles. The maximum atomic E-state index is 12.5. The molecule has 5 heteroatoms. The number of nitrogens with one attached hydrogen (secondary N) is 1. The number of ether oxygens (including phenoxy) is 1. The highest BCUT2D eigenvalue weighted by molar-refractivity contribution is 5.75. The summed E-state index contributed by atoms with van der Waals surface area (Å²) in [4.78, 5) is 18.6. The first-order valence-electron chi connectivity index (χ1n) is 7.86. The van der Waals surface area contributed by atoms with Crippen LogP contribution in [0.2, 0.25) is 0 Å². The van der Waals surface area contributed by atoms with Crippen LogP contribution in [0.25, 0.3) is 0 Å². The number of rotatable bonds is 4. The Morgan fingerprint density at radius 1 is 1.30 bits per heavy atom. The van der Waals surface area contributed by atoms with Crippen molar-refractivity contribution in [2.45, 2.75) is 25.4 Å². The quantitative estimate of drug-likeness (QED) is 0.944. The fraction of sp³-hybridized carbons (Fsp3) is 0.333. The summed E-state index contributed by atoms with van der Waals surface area (Å²) in [5, 5.41) is 2.96. The van der Waals surface area contributed by atoms with Gasteiger partial charge < -0.3 is 15.0 Å². The topological polar surface area (TPSA) is 54.5 Å². The number of carbonyl (C=O) groups is 1. The molecule has 2 amide bonds. The minimum atomic E-state index is -0.0334. The van der Waals surface area contributed by atoms with Crippen LogP contribution in [-0.2, 0) is 6.54 Å². The van der Waals surface area contributed by atoms with E-state index in [1.807, 2.05) is 47.4 Å². The fourth-order valence-electron chi connectivity index (χ4n) is 2.95. The second kappa shape index (κ2) is 7.13. The zero-order chi connectivity index (χ0) is 16.1. The van der Waals surface area contributed by atoms with Crippen LogP contribution < -0.4 is 10.1 Å². The van der Waals surface area contributed by atoms with E-state index < -0.39 is 0 Å². The zero-order valence-electron chi connectivity index (χ0n) is 13.2. The molecule has 0 saturated carbocycles. The minimum absolute atomic E-state index is 0.0334. The molecule has 1 N–H and O–H groups in total. The van der Waals surface area contributed by atoms with Gasteiger partial charge in [-0.2, -0.15) is 0 Å². The van der Waals surface area contributed by atoms with Crippen molar-refractivity contribution in [1.82, 2.24) is 15.2 Å². The molecule has 1 saturated heterocycles. The standard InChI is InChI=1S/C18H21N3O2/c1-23-16-9-7-14(8-10-16)17-6-4-12-21(17)18(22)20-13-15-5-2-3-11-19-15/h2-3,5,7-11,17H,4,6,12-13H2,1H3,(H,20,22). The molecule has 1 aromatic heterocycles. The van der Waals surface area contributed by atoms with Crippen LogP contribution in [0.5, 0.6) is 5.75 Å². The van der Waals surface area contributed by atoms with Crippen LogP contribution >= 0.6 is 0 Å². The van der Waals surface area contributed by atoms with Crippen LogP contribution in [0.1, 0.15) is 30.1 Å². The minimum Gasteiger partial charge on any atom is -0.497 e. The number of urea groups is 1. The maximum absolute atomic E-state index is 12.5. The molecule has 2 aromatic rings. The molecule has 23 heavy (non-hydrogen) atoms. The Hall–Kier alpha value is -2.56. The summed E-state index contributed by atoms with van der Waals surface area (Å²) < 4.78 is 5.19. The largest absolute Gasteiger partial charge is 0.497 e. The molecule has 1 aromatic carbocycles. The van der Waals surface area contributed by atoms with Gasteiger partial charge >= 0.3 is 6.03 Å². The lowest BCUT2D eigenvalue weighted by Gasteiger charge is -2.25. The van der Waals surface area contributed by atoms with E-state index in [0.29, 0.717) is 6.54 Å². The Kier molecular flexibility index (Phi) is 4.76. The first-order valence-corrected chi connectivity index (χ1v) is 7.86. The molecule has 1 aliphatic rings. The highest BCUT2D eigenvalue weighted by Gasteiger charge is 2.29. The molecule has 1 unspecified atom stereocenters. The Labute approximate surface area is 136 Å². The van der Waals surface area contributed by atoms with Gasteiger partial charge in [-0.3, -0.25) is 4.98 Å². The maximum Gasteiger partial charge on any atom is 0.318 e. The third-order valence-corrected chi connectivity index (χ3v) is 4.16. The number of methoxy groups -OCH3 is 1. The lowest BCUT2D eigenvalue weighted by Crippen LogP contribution is -2.39. The van der Waals surface area contributed by atoms with Crippen LogP contribution in [-0.4, -0.2) is 29.6 Å². The fourth-order valence-corrected chi connectivity index (χ4v) is 2.95. The molecular formula is C18H21N3O2. The van der Waals surface area contributed by atoms with Gasteiger partial charge in [-0.15, -0.1) is 0 Å².